The Morgan fingerprint density at radius 3 is 2.61 bits per heavy atom. The van der Waals surface area contributed by atoms with Crippen molar-refractivity contribution in [2.45, 2.75) is 44.9 Å². The molecule has 2 N–H and O–H groups in total. The van der Waals surface area contributed by atoms with E-state index in [1.54, 1.807) is 0 Å². The molecule has 6 heteroatoms. The van der Waals surface area contributed by atoms with Gasteiger partial charge in [-0.05, 0) is 63.5 Å². The molecule has 0 unspecified atom stereocenters. The quantitative estimate of drug-likeness (QED) is 0.627. The summed E-state index contributed by atoms with van der Waals surface area (Å²) in [6, 6.07) is 0. The Hall–Kier alpha value is -0.360. The number of ether oxygens (including phenoxy) is 2. The Morgan fingerprint density at radius 1 is 1.13 bits per heavy atom. The zero-order valence-electron chi connectivity index (χ0n) is 14.2. The molecule has 2 saturated heterocycles. The van der Waals surface area contributed by atoms with Crippen LogP contribution in [0.3, 0.4) is 0 Å². The van der Waals surface area contributed by atoms with Crippen LogP contribution in [0.2, 0.25) is 0 Å². The topological polar surface area (TPSA) is 59.6 Å². The fourth-order valence-electron chi connectivity index (χ4n) is 3.16. The zero-order valence-corrected chi connectivity index (χ0v) is 15.0. The standard InChI is InChI=1S/C17H32N2O3.ClH/c20-17(3-2-15-4-9-18-10-5-15)19-8-1-11-22-14-16-6-12-21-13-7-16;/h15-16,18H,1-14H2,(H,19,20);1H. The molecule has 1 amide bonds. The summed E-state index contributed by atoms with van der Waals surface area (Å²) in [5.74, 6) is 1.59. The highest BCUT2D eigenvalue weighted by Gasteiger charge is 2.15. The van der Waals surface area contributed by atoms with Crippen LogP contribution in [-0.4, -0.2) is 52.0 Å². The molecular weight excluding hydrogens is 316 g/mol. The van der Waals surface area contributed by atoms with E-state index in [2.05, 4.69) is 10.6 Å². The molecule has 2 fully saturated rings. The molecule has 0 saturated carbocycles. The number of rotatable bonds is 9. The first-order valence-electron chi connectivity index (χ1n) is 8.97. The molecule has 5 nitrogen and oxygen atoms in total. The molecule has 23 heavy (non-hydrogen) atoms. The summed E-state index contributed by atoms with van der Waals surface area (Å²) in [7, 11) is 0. The minimum atomic E-state index is 0. The van der Waals surface area contributed by atoms with Crippen molar-refractivity contribution in [3.63, 3.8) is 0 Å². The van der Waals surface area contributed by atoms with E-state index in [9.17, 15) is 4.79 Å². The second kappa shape index (κ2) is 13.0. The molecule has 0 radical (unpaired) electrons. The van der Waals surface area contributed by atoms with Gasteiger partial charge in [0.2, 0.25) is 5.91 Å². The van der Waals surface area contributed by atoms with Gasteiger partial charge < -0.3 is 20.1 Å². The van der Waals surface area contributed by atoms with Crippen molar-refractivity contribution >= 4 is 18.3 Å². The molecule has 0 aromatic carbocycles. The lowest BCUT2D eigenvalue weighted by atomic mass is 9.93. The van der Waals surface area contributed by atoms with Crippen LogP contribution < -0.4 is 10.6 Å². The van der Waals surface area contributed by atoms with Crippen LogP contribution in [0.25, 0.3) is 0 Å². The van der Waals surface area contributed by atoms with Crippen LogP contribution in [0, 0.1) is 11.8 Å². The number of carbonyl (C=O) groups is 1. The smallest absolute Gasteiger partial charge is 0.220 e. The number of hydrogen-bond acceptors (Lipinski definition) is 4. The number of amides is 1. The largest absolute Gasteiger partial charge is 0.381 e. The molecular formula is C17H33ClN2O3. The van der Waals surface area contributed by atoms with Gasteiger partial charge in [-0.15, -0.1) is 12.4 Å². The first-order valence-corrected chi connectivity index (χ1v) is 8.97. The predicted molar refractivity (Wildman–Crippen MR) is 94.1 cm³/mol. The average Bonchev–Trinajstić information content (AvgIpc) is 2.58. The van der Waals surface area contributed by atoms with E-state index >= 15 is 0 Å². The Morgan fingerprint density at radius 2 is 1.87 bits per heavy atom. The molecule has 0 aromatic heterocycles. The molecule has 0 spiro atoms. The minimum absolute atomic E-state index is 0. The van der Waals surface area contributed by atoms with Crippen LogP contribution in [-0.2, 0) is 14.3 Å². The minimum Gasteiger partial charge on any atom is -0.381 e. The Labute approximate surface area is 146 Å². The van der Waals surface area contributed by atoms with Crippen LogP contribution >= 0.6 is 12.4 Å². The Bertz CT molecular complexity index is 306. The van der Waals surface area contributed by atoms with Crippen molar-refractivity contribution in [3.8, 4) is 0 Å². The maximum Gasteiger partial charge on any atom is 0.220 e. The number of carbonyl (C=O) groups excluding carboxylic acids is 1. The number of piperidine rings is 1. The van der Waals surface area contributed by atoms with Gasteiger partial charge in [0, 0.05) is 39.4 Å². The van der Waals surface area contributed by atoms with Crippen molar-refractivity contribution < 1.29 is 14.3 Å². The van der Waals surface area contributed by atoms with E-state index in [1.807, 2.05) is 0 Å². The van der Waals surface area contributed by atoms with Crippen molar-refractivity contribution in [1.82, 2.24) is 10.6 Å². The van der Waals surface area contributed by atoms with Gasteiger partial charge in [-0.3, -0.25) is 4.79 Å². The maximum absolute atomic E-state index is 11.8. The first kappa shape index (κ1) is 20.7. The highest BCUT2D eigenvalue weighted by atomic mass is 35.5. The number of hydrogen-bond donors (Lipinski definition) is 2. The molecule has 0 aromatic rings. The van der Waals surface area contributed by atoms with Gasteiger partial charge >= 0.3 is 0 Å². The lowest BCUT2D eigenvalue weighted by molar-refractivity contribution is -0.121. The van der Waals surface area contributed by atoms with Gasteiger partial charge in [0.05, 0.1) is 0 Å². The third-order valence-electron chi connectivity index (χ3n) is 4.72. The lowest BCUT2D eigenvalue weighted by Gasteiger charge is -2.22. The van der Waals surface area contributed by atoms with E-state index in [4.69, 9.17) is 9.47 Å². The zero-order chi connectivity index (χ0) is 15.5. The van der Waals surface area contributed by atoms with Gasteiger partial charge in [0.1, 0.15) is 0 Å². The summed E-state index contributed by atoms with van der Waals surface area (Å²) in [6.07, 6.45) is 7.28. The van der Waals surface area contributed by atoms with Crippen molar-refractivity contribution in [2.75, 3.05) is 46.1 Å². The molecule has 0 aliphatic carbocycles. The number of nitrogens with one attached hydrogen (secondary N) is 2. The SMILES string of the molecule is Cl.O=C(CCC1CCNCC1)NCCCOCC1CCOCC1. The molecule has 136 valence electrons. The van der Waals surface area contributed by atoms with Gasteiger partial charge in [-0.2, -0.15) is 0 Å². The first-order chi connectivity index (χ1) is 10.8. The summed E-state index contributed by atoms with van der Waals surface area (Å²) in [5.41, 5.74) is 0. The van der Waals surface area contributed by atoms with E-state index in [-0.39, 0.29) is 18.3 Å². The van der Waals surface area contributed by atoms with Crippen molar-refractivity contribution in [1.29, 1.82) is 0 Å². The third kappa shape index (κ3) is 9.50. The summed E-state index contributed by atoms with van der Waals surface area (Å²) in [6.45, 7) is 6.29. The summed E-state index contributed by atoms with van der Waals surface area (Å²) in [4.78, 5) is 11.8. The van der Waals surface area contributed by atoms with Gasteiger partial charge in [0.15, 0.2) is 0 Å². The molecule has 2 aliphatic rings. The molecule has 2 rings (SSSR count). The van der Waals surface area contributed by atoms with Gasteiger partial charge in [-0.25, -0.2) is 0 Å². The van der Waals surface area contributed by atoms with E-state index in [0.29, 0.717) is 12.3 Å². The molecule has 0 atom stereocenters. The lowest BCUT2D eigenvalue weighted by Crippen LogP contribution is -2.30. The Kier molecular flexibility index (Phi) is 11.7. The fourth-order valence-corrected chi connectivity index (χ4v) is 3.16. The van der Waals surface area contributed by atoms with E-state index in [0.717, 1.165) is 77.7 Å². The summed E-state index contributed by atoms with van der Waals surface area (Å²) < 4.78 is 11.0. The fraction of sp³-hybridized carbons (Fsp3) is 0.941. The van der Waals surface area contributed by atoms with Crippen molar-refractivity contribution in [2.24, 2.45) is 11.8 Å². The predicted octanol–water partition coefficient (Wildman–Crippen LogP) is 2.14. The molecule has 2 heterocycles. The second-order valence-electron chi connectivity index (χ2n) is 6.57. The Balaban J connectivity index is 0.00000264. The van der Waals surface area contributed by atoms with Gasteiger partial charge in [-0.1, -0.05) is 0 Å². The van der Waals surface area contributed by atoms with Crippen molar-refractivity contribution in [3.05, 3.63) is 0 Å². The molecule has 2 aliphatic heterocycles. The second-order valence-corrected chi connectivity index (χ2v) is 6.57. The van der Waals surface area contributed by atoms with Gasteiger partial charge in [0.25, 0.3) is 0 Å². The van der Waals surface area contributed by atoms with E-state index in [1.165, 1.54) is 12.8 Å². The highest BCUT2D eigenvalue weighted by molar-refractivity contribution is 5.85. The molecule has 0 bridgehead atoms. The monoisotopic (exact) mass is 348 g/mol. The summed E-state index contributed by atoms with van der Waals surface area (Å²) in [5, 5.41) is 6.36. The highest BCUT2D eigenvalue weighted by Crippen LogP contribution is 2.17. The van der Waals surface area contributed by atoms with Crippen LogP contribution in [0.1, 0.15) is 44.9 Å². The van der Waals surface area contributed by atoms with Crippen LogP contribution in [0.4, 0.5) is 0 Å². The van der Waals surface area contributed by atoms with E-state index < -0.39 is 0 Å². The van der Waals surface area contributed by atoms with Crippen LogP contribution in [0.15, 0.2) is 0 Å². The summed E-state index contributed by atoms with van der Waals surface area (Å²) >= 11 is 0. The maximum atomic E-state index is 11.8. The number of halogens is 1. The third-order valence-corrected chi connectivity index (χ3v) is 4.72. The average molecular weight is 349 g/mol. The normalized spacial score (nSPS) is 20.0. The van der Waals surface area contributed by atoms with Crippen LogP contribution in [0.5, 0.6) is 0 Å².